The Morgan fingerprint density at radius 3 is 2.84 bits per heavy atom. The maximum Gasteiger partial charge on any atom is 0.0644 e. The van der Waals surface area contributed by atoms with Gasteiger partial charge in [-0.2, -0.15) is 10.4 Å². The molecule has 0 saturated carbocycles. The Labute approximate surface area is 114 Å². The minimum Gasteiger partial charge on any atom is -0.362 e. The molecule has 1 aromatic carbocycles. The van der Waals surface area contributed by atoms with Gasteiger partial charge in [0.15, 0.2) is 0 Å². The van der Waals surface area contributed by atoms with Crippen LogP contribution in [-0.4, -0.2) is 31.1 Å². The number of rotatable bonds is 8. The lowest BCUT2D eigenvalue weighted by Gasteiger charge is -2.14. The van der Waals surface area contributed by atoms with E-state index in [0.29, 0.717) is 0 Å². The SMILES string of the molecule is C=CNc1cccc(NONCCN2CCCC2)c1. The Kier molecular flexibility index (Phi) is 5.68. The molecule has 0 unspecified atom stereocenters. The fourth-order valence-electron chi connectivity index (χ4n) is 2.15. The van der Waals surface area contributed by atoms with E-state index < -0.39 is 0 Å². The van der Waals surface area contributed by atoms with Gasteiger partial charge < -0.3 is 10.2 Å². The first kappa shape index (κ1) is 13.9. The zero-order valence-electron chi connectivity index (χ0n) is 11.2. The van der Waals surface area contributed by atoms with Crippen LogP contribution in [0.25, 0.3) is 0 Å². The molecule has 2 rings (SSSR count). The highest BCUT2D eigenvalue weighted by atomic mass is 16.8. The Hall–Kier alpha value is -1.56. The van der Waals surface area contributed by atoms with E-state index >= 15 is 0 Å². The van der Waals surface area contributed by atoms with Crippen LogP contribution in [0.15, 0.2) is 37.0 Å². The third-order valence-electron chi connectivity index (χ3n) is 3.10. The zero-order chi connectivity index (χ0) is 13.3. The fraction of sp³-hybridized carbons (Fsp3) is 0.429. The van der Waals surface area contributed by atoms with Gasteiger partial charge in [-0.25, -0.2) is 5.48 Å². The highest BCUT2D eigenvalue weighted by Crippen LogP contribution is 2.14. The summed E-state index contributed by atoms with van der Waals surface area (Å²) in [5, 5.41) is 3.03. The summed E-state index contributed by atoms with van der Waals surface area (Å²) < 4.78 is 0. The number of nitrogens with zero attached hydrogens (tertiary/aromatic N) is 1. The number of likely N-dealkylation sites (tertiary alicyclic amines) is 1. The minimum atomic E-state index is 0.817. The second-order valence-corrected chi connectivity index (χ2v) is 4.58. The summed E-state index contributed by atoms with van der Waals surface area (Å²) in [7, 11) is 0. The van der Waals surface area contributed by atoms with Crippen LogP contribution >= 0.6 is 0 Å². The van der Waals surface area contributed by atoms with Crippen molar-refractivity contribution in [2.75, 3.05) is 37.0 Å². The van der Waals surface area contributed by atoms with Gasteiger partial charge in [0.2, 0.25) is 0 Å². The van der Waals surface area contributed by atoms with Gasteiger partial charge in [0.05, 0.1) is 5.69 Å². The molecule has 5 heteroatoms. The molecule has 1 aliphatic heterocycles. The van der Waals surface area contributed by atoms with Gasteiger partial charge in [-0.05, 0) is 50.3 Å². The Balaban J connectivity index is 1.61. The van der Waals surface area contributed by atoms with E-state index in [1.165, 1.54) is 25.9 Å². The maximum atomic E-state index is 5.23. The third-order valence-corrected chi connectivity index (χ3v) is 3.10. The Bertz CT molecular complexity index is 391. The van der Waals surface area contributed by atoms with Crippen LogP contribution in [0.4, 0.5) is 11.4 Å². The molecule has 0 aromatic heterocycles. The molecular formula is C14H22N4O. The van der Waals surface area contributed by atoms with E-state index in [9.17, 15) is 0 Å². The summed E-state index contributed by atoms with van der Waals surface area (Å²) in [6, 6.07) is 7.80. The van der Waals surface area contributed by atoms with Gasteiger partial charge in [0.1, 0.15) is 0 Å². The van der Waals surface area contributed by atoms with Gasteiger partial charge in [-0.15, -0.1) is 0 Å². The van der Waals surface area contributed by atoms with Crippen molar-refractivity contribution in [3.05, 3.63) is 37.0 Å². The molecule has 0 radical (unpaired) electrons. The van der Waals surface area contributed by atoms with Gasteiger partial charge in [-0.3, -0.25) is 0 Å². The number of nitrogens with one attached hydrogen (secondary N) is 3. The largest absolute Gasteiger partial charge is 0.362 e. The van der Waals surface area contributed by atoms with Crippen LogP contribution in [0.5, 0.6) is 0 Å². The normalized spacial score (nSPS) is 15.4. The molecule has 0 amide bonds. The van der Waals surface area contributed by atoms with Gasteiger partial charge in [0.25, 0.3) is 0 Å². The van der Waals surface area contributed by atoms with Crippen molar-refractivity contribution in [3.8, 4) is 0 Å². The zero-order valence-corrected chi connectivity index (χ0v) is 11.2. The number of benzene rings is 1. The quantitative estimate of drug-likeness (QED) is 0.495. The van der Waals surface area contributed by atoms with Crippen molar-refractivity contribution in [1.29, 1.82) is 0 Å². The van der Waals surface area contributed by atoms with Crippen molar-refractivity contribution >= 4 is 11.4 Å². The van der Waals surface area contributed by atoms with Crippen molar-refractivity contribution in [2.45, 2.75) is 12.8 Å². The number of hydrogen-bond acceptors (Lipinski definition) is 5. The summed E-state index contributed by atoms with van der Waals surface area (Å²) in [5.74, 6) is 0. The molecule has 1 aromatic rings. The van der Waals surface area contributed by atoms with E-state index in [0.717, 1.165) is 24.5 Å². The van der Waals surface area contributed by atoms with E-state index in [4.69, 9.17) is 4.94 Å². The van der Waals surface area contributed by atoms with Gasteiger partial charge >= 0.3 is 0 Å². The average molecular weight is 262 g/mol. The molecule has 1 heterocycles. The summed E-state index contributed by atoms with van der Waals surface area (Å²) in [6.07, 6.45) is 4.29. The second-order valence-electron chi connectivity index (χ2n) is 4.58. The molecule has 1 aliphatic rings. The molecular weight excluding hydrogens is 240 g/mol. The molecule has 1 fully saturated rings. The molecule has 19 heavy (non-hydrogen) atoms. The molecule has 3 N–H and O–H groups in total. The van der Waals surface area contributed by atoms with E-state index in [-0.39, 0.29) is 0 Å². The molecule has 0 atom stereocenters. The monoisotopic (exact) mass is 262 g/mol. The van der Waals surface area contributed by atoms with Crippen molar-refractivity contribution in [2.24, 2.45) is 0 Å². The lowest BCUT2D eigenvalue weighted by Crippen LogP contribution is -2.31. The number of anilines is 2. The average Bonchev–Trinajstić information content (AvgIpc) is 2.92. The van der Waals surface area contributed by atoms with Crippen molar-refractivity contribution < 1.29 is 4.94 Å². The van der Waals surface area contributed by atoms with E-state index in [1.807, 2.05) is 24.3 Å². The lowest BCUT2D eigenvalue weighted by atomic mass is 10.3. The van der Waals surface area contributed by atoms with Crippen LogP contribution in [0, 0.1) is 0 Å². The van der Waals surface area contributed by atoms with Crippen LogP contribution in [-0.2, 0) is 4.94 Å². The number of hydroxylamine groups is 1. The summed E-state index contributed by atoms with van der Waals surface area (Å²) in [6.45, 7) is 7.90. The molecule has 1 saturated heterocycles. The van der Waals surface area contributed by atoms with Crippen LogP contribution in [0.1, 0.15) is 12.8 Å². The molecule has 0 spiro atoms. The van der Waals surface area contributed by atoms with Crippen LogP contribution < -0.4 is 16.3 Å². The predicted molar refractivity (Wildman–Crippen MR) is 78.6 cm³/mol. The van der Waals surface area contributed by atoms with E-state index in [1.54, 1.807) is 6.20 Å². The topological polar surface area (TPSA) is 48.6 Å². The Morgan fingerprint density at radius 2 is 2.05 bits per heavy atom. The molecule has 5 nitrogen and oxygen atoms in total. The highest BCUT2D eigenvalue weighted by Gasteiger charge is 2.09. The summed E-state index contributed by atoms with van der Waals surface area (Å²) in [4.78, 5) is 7.67. The smallest absolute Gasteiger partial charge is 0.0644 e. The van der Waals surface area contributed by atoms with Gasteiger partial charge in [0, 0.05) is 18.8 Å². The van der Waals surface area contributed by atoms with E-state index in [2.05, 4.69) is 27.8 Å². The maximum absolute atomic E-state index is 5.23. The lowest BCUT2D eigenvalue weighted by molar-refractivity contribution is 0.0819. The van der Waals surface area contributed by atoms with Crippen molar-refractivity contribution in [3.63, 3.8) is 0 Å². The Morgan fingerprint density at radius 1 is 1.26 bits per heavy atom. The predicted octanol–water partition coefficient (Wildman–Crippen LogP) is 2.19. The number of hydrogen-bond donors (Lipinski definition) is 3. The standard InChI is InChI=1S/C14H22N4O/c1-2-15-13-6-5-7-14(12-13)17-19-16-8-11-18-9-3-4-10-18/h2,5-7,12,15-17H,1,3-4,8-11H2. The summed E-state index contributed by atoms with van der Waals surface area (Å²) in [5.41, 5.74) is 7.65. The van der Waals surface area contributed by atoms with Crippen LogP contribution in [0.3, 0.4) is 0 Å². The highest BCUT2D eigenvalue weighted by molar-refractivity contribution is 5.56. The summed E-state index contributed by atoms with van der Waals surface area (Å²) >= 11 is 0. The third kappa shape index (κ3) is 4.90. The molecule has 0 aliphatic carbocycles. The second kappa shape index (κ2) is 7.78. The van der Waals surface area contributed by atoms with Crippen LogP contribution in [0.2, 0.25) is 0 Å². The fourth-order valence-corrected chi connectivity index (χ4v) is 2.15. The van der Waals surface area contributed by atoms with Gasteiger partial charge in [-0.1, -0.05) is 12.6 Å². The first-order valence-electron chi connectivity index (χ1n) is 6.73. The molecule has 104 valence electrons. The first-order chi connectivity index (χ1) is 9.38. The first-order valence-corrected chi connectivity index (χ1v) is 6.73. The minimum absolute atomic E-state index is 0.817. The molecule has 0 bridgehead atoms. The van der Waals surface area contributed by atoms with Crippen molar-refractivity contribution in [1.82, 2.24) is 10.4 Å².